The third kappa shape index (κ3) is 6.43. The Morgan fingerprint density at radius 2 is 1.77 bits per heavy atom. The number of nitrogens with one attached hydrogen (secondary N) is 3. The normalized spacial score (nSPS) is 10.5. The first-order valence-corrected chi connectivity index (χ1v) is 12.4. The minimum absolute atomic E-state index is 0.0838. The van der Waals surface area contributed by atoms with Crippen LogP contribution in [0.1, 0.15) is 21.5 Å². The fraction of sp³-hybridized carbons (Fsp3) is 0.0667. The van der Waals surface area contributed by atoms with Crippen molar-refractivity contribution in [3.05, 3.63) is 130 Å². The molecular formula is C30H25N7O3. The summed E-state index contributed by atoms with van der Waals surface area (Å²) in [4.78, 5) is 36.2. The zero-order chi connectivity index (χ0) is 27.9. The fourth-order valence-electron chi connectivity index (χ4n) is 3.96. The van der Waals surface area contributed by atoms with Crippen LogP contribution in [-0.4, -0.2) is 25.8 Å². The van der Waals surface area contributed by atoms with Crippen LogP contribution in [0.15, 0.2) is 104 Å². The number of carbonyl (C=O) groups excluding carboxylic acids is 1. The molecule has 0 fully saturated rings. The van der Waals surface area contributed by atoms with E-state index in [1.54, 1.807) is 36.8 Å². The first kappa shape index (κ1) is 26.0. The van der Waals surface area contributed by atoms with E-state index in [-0.39, 0.29) is 11.6 Å². The van der Waals surface area contributed by atoms with Crippen molar-refractivity contribution >= 4 is 34.6 Å². The number of amides is 1. The van der Waals surface area contributed by atoms with E-state index in [1.165, 1.54) is 18.2 Å². The monoisotopic (exact) mass is 531 g/mol. The van der Waals surface area contributed by atoms with Gasteiger partial charge in [-0.3, -0.25) is 19.9 Å². The number of non-ortho nitro benzene ring substituents is 1. The number of hydrogen-bond acceptors (Lipinski definition) is 8. The second kappa shape index (κ2) is 11.8. The van der Waals surface area contributed by atoms with Crippen molar-refractivity contribution in [2.24, 2.45) is 0 Å². The van der Waals surface area contributed by atoms with E-state index in [1.807, 2.05) is 55.5 Å². The molecule has 3 aromatic carbocycles. The molecule has 0 radical (unpaired) electrons. The number of nitro benzene ring substituents is 1. The molecule has 0 aliphatic carbocycles. The number of carbonyl (C=O) groups is 1. The van der Waals surface area contributed by atoms with Crippen LogP contribution in [0.4, 0.5) is 28.7 Å². The van der Waals surface area contributed by atoms with Gasteiger partial charge < -0.3 is 16.0 Å². The Balaban J connectivity index is 1.21. The van der Waals surface area contributed by atoms with Crippen LogP contribution in [-0.2, 0) is 6.54 Å². The van der Waals surface area contributed by atoms with Crippen molar-refractivity contribution in [2.45, 2.75) is 13.5 Å². The first-order valence-electron chi connectivity index (χ1n) is 12.4. The number of nitro groups is 1. The average Bonchev–Trinajstić information content (AvgIpc) is 2.98. The van der Waals surface area contributed by atoms with Gasteiger partial charge in [0, 0.05) is 65.5 Å². The standard InChI is InChI=1S/C30H25N7O3/c1-20-7-12-24(17-28(20)36-30-32-15-13-27(35-30)23-4-3-14-31-19-23)33-18-21-8-10-22(11-9-21)29(38)34-25-5-2-6-26(16-25)37(39)40/h2-17,19,33H,18H2,1H3,(H,34,38)(H,32,35,36). The minimum Gasteiger partial charge on any atom is -0.381 e. The van der Waals surface area contributed by atoms with Gasteiger partial charge in [-0.05, 0) is 66.6 Å². The van der Waals surface area contributed by atoms with Crippen LogP contribution >= 0.6 is 0 Å². The molecule has 5 rings (SSSR count). The third-order valence-electron chi connectivity index (χ3n) is 6.12. The van der Waals surface area contributed by atoms with E-state index in [0.29, 0.717) is 23.7 Å². The fourth-order valence-corrected chi connectivity index (χ4v) is 3.96. The lowest BCUT2D eigenvalue weighted by molar-refractivity contribution is -0.384. The van der Waals surface area contributed by atoms with Gasteiger partial charge in [0.05, 0.1) is 10.6 Å². The number of aryl methyl sites for hydroxylation is 1. The van der Waals surface area contributed by atoms with Gasteiger partial charge >= 0.3 is 0 Å². The van der Waals surface area contributed by atoms with Crippen molar-refractivity contribution in [1.82, 2.24) is 15.0 Å². The zero-order valence-electron chi connectivity index (χ0n) is 21.5. The molecule has 0 saturated carbocycles. The van der Waals surface area contributed by atoms with Crippen molar-refractivity contribution in [1.29, 1.82) is 0 Å². The Kier molecular flexibility index (Phi) is 7.68. The molecule has 0 aliphatic rings. The third-order valence-corrected chi connectivity index (χ3v) is 6.12. The Bertz CT molecular complexity index is 1660. The van der Waals surface area contributed by atoms with E-state index in [9.17, 15) is 14.9 Å². The lowest BCUT2D eigenvalue weighted by atomic mass is 10.1. The molecule has 2 heterocycles. The number of pyridine rings is 1. The maximum absolute atomic E-state index is 12.6. The van der Waals surface area contributed by atoms with Gasteiger partial charge in [-0.1, -0.05) is 24.3 Å². The molecule has 10 heteroatoms. The van der Waals surface area contributed by atoms with Crippen molar-refractivity contribution in [3.63, 3.8) is 0 Å². The number of hydrogen-bond donors (Lipinski definition) is 3. The Morgan fingerprint density at radius 3 is 2.55 bits per heavy atom. The van der Waals surface area contributed by atoms with Gasteiger partial charge in [-0.15, -0.1) is 0 Å². The first-order chi connectivity index (χ1) is 19.4. The van der Waals surface area contributed by atoms with E-state index >= 15 is 0 Å². The Hall–Kier alpha value is -5.64. The van der Waals surface area contributed by atoms with Crippen LogP contribution in [0, 0.1) is 17.0 Å². The molecule has 3 N–H and O–H groups in total. The molecule has 0 aliphatic heterocycles. The maximum Gasteiger partial charge on any atom is 0.271 e. The summed E-state index contributed by atoms with van der Waals surface area (Å²) in [7, 11) is 0. The molecule has 1 amide bonds. The molecule has 0 bridgehead atoms. The highest BCUT2D eigenvalue weighted by molar-refractivity contribution is 6.04. The summed E-state index contributed by atoms with van der Waals surface area (Å²) < 4.78 is 0. The van der Waals surface area contributed by atoms with Crippen molar-refractivity contribution < 1.29 is 9.72 Å². The smallest absolute Gasteiger partial charge is 0.271 e. The van der Waals surface area contributed by atoms with Crippen LogP contribution in [0.25, 0.3) is 11.3 Å². The Labute approximate surface area is 230 Å². The largest absolute Gasteiger partial charge is 0.381 e. The summed E-state index contributed by atoms with van der Waals surface area (Å²) in [6.07, 6.45) is 5.20. The molecule has 10 nitrogen and oxygen atoms in total. The van der Waals surface area contributed by atoms with Crippen molar-refractivity contribution in [2.75, 3.05) is 16.0 Å². The molecular weight excluding hydrogens is 506 g/mol. The highest BCUT2D eigenvalue weighted by Crippen LogP contribution is 2.25. The second-order valence-corrected chi connectivity index (χ2v) is 8.97. The van der Waals surface area contributed by atoms with Crippen LogP contribution in [0.3, 0.4) is 0 Å². The van der Waals surface area contributed by atoms with Crippen LogP contribution in [0.5, 0.6) is 0 Å². The predicted octanol–water partition coefficient (Wildman–Crippen LogP) is 6.36. The van der Waals surface area contributed by atoms with Gasteiger partial charge in [0.2, 0.25) is 5.95 Å². The highest BCUT2D eigenvalue weighted by atomic mass is 16.6. The molecule has 5 aromatic rings. The molecule has 2 aromatic heterocycles. The molecule has 0 spiro atoms. The summed E-state index contributed by atoms with van der Waals surface area (Å²) in [6.45, 7) is 2.55. The molecule has 198 valence electrons. The van der Waals surface area contributed by atoms with Gasteiger partial charge in [-0.25, -0.2) is 9.97 Å². The minimum atomic E-state index is -0.500. The van der Waals surface area contributed by atoms with Crippen LogP contribution in [0.2, 0.25) is 0 Å². The molecule has 0 saturated heterocycles. The van der Waals surface area contributed by atoms with E-state index in [0.717, 1.165) is 33.8 Å². The summed E-state index contributed by atoms with van der Waals surface area (Å²) in [5.74, 6) is 0.143. The number of nitrogens with zero attached hydrogens (tertiary/aromatic N) is 4. The van der Waals surface area contributed by atoms with Gasteiger partial charge in [0.15, 0.2) is 0 Å². The highest BCUT2D eigenvalue weighted by Gasteiger charge is 2.10. The van der Waals surface area contributed by atoms with Crippen LogP contribution < -0.4 is 16.0 Å². The predicted molar refractivity (Wildman–Crippen MR) is 155 cm³/mol. The van der Waals surface area contributed by atoms with E-state index < -0.39 is 4.92 Å². The number of aromatic nitrogens is 3. The van der Waals surface area contributed by atoms with Crippen molar-refractivity contribution in [3.8, 4) is 11.3 Å². The number of benzene rings is 3. The summed E-state index contributed by atoms with van der Waals surface area (Å²) in [5.41, 5.74) is 6.22. The van der Waals surface area contributed by atoms with Gasteiger partial charge in [-0.2, -0.15) is 0 Å². The number of anilines is 4. The summed E-state index contributed by atoms with van der Waals surface area (Å²) in [5, 5.41) is 20.4. The van der Waals surface area contributed by atoms with Gasteiger partial charge in [0.25, 0.3) is 11.6 Å². The summed E-state index contributed by atoms with van der Waals surface area (Å²) in [6, 6.07) is 24.7. The number of rotatable bonds is 9. The Morgan fingerprint density at radius 1 is 0.925 bits per heavy atom. The summed E-state index contributed by atoms with van der Waals surface area (Å²) >= 11 is 0. The molecule has 40 heavy (non-hydrogen) atoms. The van der Waals surface area contributed by atoms with E-state index in [4.69, 9.17) is 0 Å². The zero-order valence-corrected chi connectivity index (χ0v) is 21.5. The molecule has 0 unspecified atom stereocenters. The molecule has 0 atom stereocenters. The van der Waals surface area contributed by atoms with E-state index in [2.05, 4.69) is 30.9 Å². The van der Waals surface area contributed by atoms with Gasteiger partial charge in [0.1, 0.15) is 0 Å². The SMILES string of the molecule is Cc1ccc(NCc2ccc(C(=O)Nc3cccc([N+](=O)[O-])c3)cc2)cc1Nc1nccc(-c2cccnc2)n1. The topological polar surface area (TPSA) is 135 Å². The second-order valence-electron chi connectivity index (χ2n) is 8.97. The lowest BCUT2D eigenvalue weighted by Crippen LogP contribution is -2.12. The quantitative estimate of drug-likeness (QED) is 0.148. The average molecular weight is 532 g/mol. The maximum atomic E-state index is 12.6. The lowest BCUT2D eigenvalue weighted by Gasteiger charge is -2.13.